The summed E-state index contributed by atoms with van der Waals surface area (Å²) in [6.07, 6.45) is 12.3. The summed E-state index contributed by atoms with van der Waals surface area (Å²) in [6, 6.07) is 118. The van der Waals surface area contributed by atoms with E-state index in [9.17, 15) is 0 Å². The van der Waals surface area contributed by atoms with E-state index in [0.717, 1.165) is 82.3 Å². The van der Waals surface area contributed by atoms with Gasteiger partial charge in [0, 0.05) is 19.7 Å². The van der Waals surface area contributed by atoms with Gasteiger partial charge in [-0.1, -0.05) is 404 Å². The maximum absolute atomic E-state index is 8.88. The van der Waals surface area contributed by atoms with Gasteiger partial charge in [0.25, 0.3) is 0 Å². The quantitative estimate of drug-likeness (QED) is 0.0464. The Hall–Kier alpha value is -9.64. The average Bonchev–Trinajstić information content (AvgIpc) is 1.65. The maximum atomic E-state index is 8.88. The van der Waals surface area contributed by atoms with Crippen LogP contribution in [0.15, 0.2) is 352 Å². The SMILES string of the molecule is BrC(c1ccccc1)c1ccccc1.C.C.C.C.CCCOC(c1ccccc1)c1ccccc1.CN(CCC=C1c2ccccc2CCc2ccccc21)CCOC(c1ccccc1)c1ccccc1.CNCCC=C1c2ccccc2CCc2ccccc21.OCCOC(c1ccccc1)c1ccccc1. The summed E-state index contributed by atoms with van der Waals surface area (Å²) in [5.74, 6) is 0. The molecule has 562 valence electrons. The van der Waals surface area contributed by atoms with Crippen molar-refractivity contribution in [3.8, 4) is 0 Å². The summed E-state index contributed by atoms with van der Waals surface area (Å²) >= 11 is 3.69. The molecule has 0 aromatic heterocycles. The summed E-state index contributed by atoms with van der Waals surface area (Å²) in [6.45, 7) is 6.90. The Balaban J connectivity index is 0.000000220. The van der Waals surface area contributed by atoms with E-state index in [1.54, 1.807) is 0 Å². The van der Waals surface area contributed by atoms with E-state index in [2.05, 4.69) is 307 Å². The zero-order chi connectivity index (χ0) is 72.0. The first-order valence-electron chi connectivity index (χ1n) is 37.0. The minimum atomic E-state index is -0.107. The van der Waals surface area contributed by atoms with Gasteiger partial charge in [-0.3, -0.25) is 0 Å². The van der Waals surface area contributed by atoms with Crippen molar-refractivity contribution in [2.24, 2.45) is 0 Å². The predicted molar refractivity (Wildman–Crippen MR) is 465 cm³/mol. The van der Waals surface area contributed by atoms with Gasteiger partial charge < -0.3 is 29.5 Å². The molecule has 2 aliphatic rings. The van der Waals surface area contributed by atoms with Gasteiger partial charge in [0.15, 0.2) is 0 Å². The van der Waals surface area contributed by atoms with Crippen molar-refractivity contribution in [2.45, 2.75) is 105 Å². The van der Waals surface area contributed by atoms with Crippen molar-refractivity contribution in [1.29, 1.82) is 0 Å². The first-order valence-corrected chi connectivity index (χ1v) is 37.9. The van der Waals surface area contributed by atoms with Gasteiger partial charge in [0.1, 0.15) is 18.3 Å². The lowest BCUT2D eigenvalue weighted by Crippen LogP contribution is -2.25. The maximum Gasteiger partial charge on any atom is 0.108 e. The number of nitrogens with zero attached hydrogens (tertiary/aromatic N) is 1. The molecular formula is C101H117BrN2O4. The van der Waals surface area contributed by atoms with Crippen LogP contribution in [0.3, 0.4) is 0 Å². The van der Waals surface area contributed by atoms with Gasteiger partial charge in [0.05, 0.1) is 24.6 Å². The number of alkyl halides is 1. The van der Waals surface area contributed by atoms with E-state index >= 15 is 0 Å². The minimum absolute atomic E-state index is 0. The second-order valence-corrected chi connectivity index (χ2v) is 26.9. The molecule has 0 spiro atoms. The highest BCUT2D eigenvalue weighted by molar-refractivity contribution is 9.09. The number of aliphatic hydroxyl groups excluding tert-OH is 1. The molecule has 2 aliphatic carbocycles. The molecule has 0 saturated carbocycles. The Morgan fingerprint density at radius 1 is 0.343 bits per heavy atom. The Morgan fingerprint density at radius 2 is 0.593 bits per heavy atom. The predicted octanol–water partition coefficient (Wildman–Crippen LogP) is 24.9. The van der Waals surface area contributed by atoms with E-state index in [1.807, 2.05) is 92.0 Å². The van der Waals surface area contributed by atoms with Gasteiger partial charge >= 0.3 is 0 Å². The number of aliphatic hydroxyl groups is 1. The number of rotatable bonds is 24. The highest BCUT2D eigenvalue weighted by atomic mass is 79.9. The Labute approximate surface area is 658 Å². The summed E-state index contributed by atoms with van der Waals surface area (Å²) < 4.78 is 18.1. The molecular weight excluding hydrogens is 1390 g/mol. The first-order chi connectivity index (χ1) is 51.4. The zero-order valence-corrected chi connectivity index (χ0v) is 62.3. The molecule has 7 heteroatoms. The summed E-state index contributed by atoms with van der Waals surface area (Å²) in [7, 11) is 4.20. The van der Waals surface area contributed by atoms with Crippen LogP contribution in [0.5, 0.6) is 0 Å². The lowest BCUT2D eigenvalue weighted by Gasteiger charge is -2.22. The third-order valence-electron chi connectivity index (χ3n) is 18.6. The van der Waals surface area contributed by atoms with E-state index < -0.39 is 0 Å². The molecule has 6 nitrogen and oxygen atoms in total. The van der Waals surface area contributed by atoms with E-state index in [1.165, 1.54) is 89.0 Å². The molecule has 2 N–H and O–H groups in total. The number of halogens is 1. The molecule has 0 aliphatic heterocycles. The molecule has 0 radical (unpaired) electrons. The lowest BCUT2D eigenvalue weighted by atomic mass is 9.93. The van der Waals surface area contributed by atoms with Crippen LogP contribution in [0.4, 0.5) is 0 Å². The molecule has 0 atom stereocenters. The molecule has 0 bridgehead atoms. The molecule has 12 aromatic carbocycles. The van der Waals surface area contributed by atoms with Gasteiger partial charge in [-0.05, 0) is 166 Å². The van der Waals surface area contributed by atoms with Crippen LogP contribution in [0, 0.1) is 0 Å². The fourth-order valence-electron chi connectivity index (χ4n) is 13.3. The fourth-order valence-corrected chi connectivity index (χ4v) is 13.9. The van der Waals surface area contributed by atoms with Crippen LogP contribution >= 0.6 is 15.9 Å². The normalized spacial score (nSPS) is 11.5. The number of nitrogens with one attached hydrogen (secondary N) is 1. The average molecular weight is 1500 g/mol. The Morgan fingerprint density at radius 3 is 0.870 bits per heavy atom. The number of ether oxygens (including phenoxy) is 3. The Bertz CT molecular complexity index is 4070. The van der Waals surface area contributed by atoms with Crippen LogP contribution in [-0.4, -0.2) is 70.2 Å². The van der Waals surface area contributed by atoms with Crippen LogP contribution in [0.1, 0.15) is 168 Å². The highest BCUT2D eigenvalue weighted by Crippen LogP contribution is 2.37. The van der Waals surface area contributed by atoms with Crippen molar-refractivity contribution in [3.63, 3.8) is 0 Å². The number of hydrogen-bond acceptors (Lipinski definition) is 6. The molecule has 0 unspecified atom stereocenters. The third-order valence-corrected chi connectivity index (χ3v) is 19.6. The zero-order valence-electron chi connectivity index (χ0n) is 60.7. The minimum Gasteiger partial charge on any atom is -0.394 e. The number of benzene rings is 12. The smallest absolute Gasteiger partial charge is 0.108 e. The molecule has 12 aromatic rings. The third kappa shape index (κ3) is 26.6. The second kappa shape index (κ2) is 49.3. The van der Waals surface area contributed by atoms with Crippen molar-refractivity contribution >= 4 is 27.1 Å². The number of likely N-dealkylation sites (N-methyl/N-ethyl adjacent to an activating group) is 1. The van der Waals surface area contributed by atoms with Gasteiger partial charge in [-0.25, -0.2) is 0 Å². The molecule has 0 saturated heterocycles. The second-order valence-electron chi connectivity index (χ2n) is 26.0. The van der Waals surface area contributed by atoms with Crippen molar-refractivity contribution in [3.05, 3.63) is 441 Å². The lowest BCUT2D eigenvalue weighted by molar-refractivity contribution is 0.0501. The molecule has 14 rings (SSSR count). The van der Waals surface area contributed by atoms with Crippen LogP contribution in [-0.2, 0) is 39.9 Å². The largest absolute Gasteiger partial charge is 0.394 e. The first kappa shape index (κ1) is 87.3. The monoisotopic (exact) mass is 1500 g/mol. The van der Waals surface area contributed by atoms with Crippen molar-refractivity contribution in [1.82, 2.24) is 10.2 Å². The number of hydrogen-bond donors (Lipinski definition) is 2. The van der Waals surface area contributed by atoms with Gasteiger partial charge in [-0.15, -0.1) is 0 Å². The van der Waals surface area contributed by atoms with Crippen LogP contribution in [0.2, 0.25) is 0 Å². The molecule has 0 heterocycles. The van der Waals surface area contributed by atoms with Crippen LogP contribution in [0.25, 0.3) is 11.1 Å². The summed E-state index contributed by atoms with van der Waals surface area (Å²) in [5, 5.41) is 12.1. The van der Waals surface area contributed by atoms with E-state index in [0.29, 0.717) is 18.0 Å². The summed E-state index contributed by atoms with van der Waals surface area (Å²) in [5.41, 5.74) is 23.9. The van der Waals surface area contributed by atoms with E-state index in [4.69, 9.17) is 19.3 Å². The number of fused-ring (bicyclic) bond motifs is 4. The number of aryl methyl sites for hydroxylation is 4. The van der Waals surface area contributed by atoms with Crippen LogP contribution < -0.4 is 5.32 Å². The fraction of sp³-hybridized carbons (Fsp3) is 0.248. The standard InChI is InChI=1S/C34H35NO.C19H21N.C16H18O.C15H16O2.C13H11Br.4CH4/c1-35(25-26-36-34(29-15-4-2-5-16-29)30-17-6-3-7-18-30)24-12-21-33-31-19-10-8-13-27(31)22-23-28-14-9-11-20-32(28)33;1-20-14-6-11-19-17-9-4-2-7-15(17)12-13-16-8-3-5-10-18(16)19;1-2-13-17-16(14-9-5-3-6-10-14)15-11-7-4-8-12-15;16-11-12-17-15(13-7-3-1-4-8-13)14-9-5-2-6-10-14;14-13(11-7-3-1-4-8-11)12-9-5-2-6-10-12;;;;/h2-11,13-21,34H,12,22-26H2,1H3;2-5,7-11,20H,6,12-14H2,1H3;3-12,16H,2,13H2,1H3;1-10,15-16H,11-12H2;1-10,13H;4*1H4. The van der Waals surface area contributed by atoms with Gasteiger partial charge in [0.2, 0.25) is 0 Å². The molecule has 108 heavy (non-hydrogen) atoms. The van der Waals surface area contributed by atoms with E-state index in [-0.39, 0.29) is 54.6 Å². The van der Waals surface area contributed by atoms with Crippen molar-refractivity contribution in [2.75, 3.05) is 60.2 Å². The topological polar surface area (TPSA) is 63.2 Å². The molecule has 0 fully saturated rings. The van der Waals surface area contributed by atoms with Gasteiger partial charge in [-0.2, -0.15) is 0 Å². The Kier molecular flexibility index (Phi) is 39.9. The molecule has 0 amide bonds. The highest BCUT2D eigenvalue weighted by Gasteiger charge is 2.21. The summed E-state index contributed by atoms with van der Waals surface area (Å²) in [4.78, 5) is 2.67. The van der Waals surface area contributed by atoms with Crippen molar-refractivity contribution < 1.29 is 19.3 Å².